The number of hydrogen-bond donors (Lipinski definition) is 0. The van der Waals surface area contributed by atoms with Crippen LogP contribution in [0.5, 0.6) is 0 Å². The van der Waals surface area contributed by atoms with Gasteiger partial charge in [-0.2, -0.15) is 0 Å². The molecule has 1 aliphatic rings. The van der Waals surface area contributed by atoms with Crippen LogP contribution in [0.2, 0.25) is 5.02 Å². The average molecular weight is 272 g/mol. The first-order valence-corrected chi connectivity index (χ1v) is 6.68. The van der Waals surface area contributed by atoms with Crippen molar-refractivity contribution in [3.8, 4) is 0 Å². The van der Waals surface area contributed by atoms with Crippen LogP contribution in [0, 0.1) is 5.92 Å². The lowest BCUT2D eigenvalue weighted by Gasteiger charge is -2.16. The number of carbonyl (C=O) groups excluding carboxylic acids is 1. The minimum Gasteiger partial charge on any atom is -0.342 e. The maximum absolute atomic E-state index is 12.0. The van der Waals surface area contributed by atoms with Crippen LogP contribution in [-0.4, -0.2) is 29.8 Å². The van der Waals surface area contributed by atoms with E-state index in [0.29, 0.717) is 23.2 Å². The van der Waals surface area contributed by atoms with Gasteiger partial charge in [0.1, 0.15) is 0 Å². The first-order valence-electron chi connectivity index (χ1n) is 5.77. The van der Waals surface area contributed by atoms with E-state index in [1.807, 2.05) is 29.2 Å². The van der Waals surface area contributed by atoms with E-state index in [1.54, 1.807) is 0 Å². The number of rotatable bonds is 3. The summed E-state index contributed by atoms with van der Waals surface area (Å²) < 4.78 is 0. The van der Waals surface area contributed by atoms with E-state index in [0.717, 1.165) is 25.1 Å². The molecule has 0 radical (unpaired) electrons. The van der Waals surface area contributed by atoms with Crippen LogP contribution in [0.15, 0.2) is 24.3 Å². The minimum absolute atomic E-state index is 0.180. The van der Waals surface area contributed by atoms with Gasteiger partial charge in [-0.1, -0.05) is 23.7 Å². The summed E-state index contributed by atoms with van der Waals surface area (Å²) in [6.45, 7) is 1.64. The molecule has 1 aromatic carbocycles. The SMILES string of the molecule is O=C(Cc1ccc(Cl)cc1)N1CCC(CCl)C1. The first-order chi connectivity index (χ1) is 8.19. The topological polar surface area (TPSA) is 20.3 Å². The van der Waals surface area contributed by atoms with Gasteiger partial charge in [0.05, 0.1) is 6.42 Å². The Kier molecular flexibility index (Phi) is 4.30. The molecule has 1 saturated heterocycles. The van der Waals surface area contributed by atoms with Crippen molar-refractivity contribution in [3.63, 3.8) is 0 Å². The van der Waals surface area contributed by atoms with Gasteiger partial charge in [-0.25, -0.2) is 0 Å². The van der Waals surface area contributed by atoms with Crippen molar-refractivity contribution < 1.29 is 4.79 Å². The van der Waals surface area contributed by atoms with Crippen molar-refractivity contribution in [2.45, 2.75) is 12.8 Å². The van der Waals surface area contributed by atoms with Crippen LogP contribution >= 0.6 is 23.2 Å². The lowest BCUT2D eigenvalue weighted by atomic mass is 10.1. The van der Waals surface area contributed by atoms with Crippen molar-refractivity contribution in [1.29, 1.82) is 0 Å². The number of likely N-dealkylation sites (tertiary alicyclic amines) is 1. The Balaban J connectivity index is 1.91. The van der Waals surface area contributed by atoms with E-state index < -0.39 is 0 Å². The highest BCUT2D eigenvalue weighted by Gasteiger charge is 2.25. The molecule has 92 valence electrons. The van der Waals surface area contributed by atoms with Crippen molar-refractivity contribution in [2.75, 3.05) is 19.0 Å². The highest BCUT2D eigenvalue weighted by molar-refractivity contribution is 6.30. The second-order valence-electron chi connectivity index (χ2n) is 4.45. The maximum atomic E-state index is 12.0. The molecule has 2 nitrogen and oxygen atoms in total. The Morgan fingerprint density at radius 2 is 2.06 bits per heavy atom. The van der Waals surface area contributed by atoms with E-state index in [1.165, 1.54) is 0 Å². The zero-order valence-electron chi connectivity index (χ0n) is 9.53. The molecule has 2 rings (SSSR count). The van der Waals surface area contributed by atoms with Crippen LogP contribution < -0.4 is 0 Å². The maximum Gasteiger partial charge on any atom is 0.226 e. The first kappa shape index (κ1) is 12.7. The van der Waals surface area contributed by atoms with E-state index in [-0.39, 0.29) is 5.91 Å². The molecule has 4 heteroatoms. The van der Waals surface area contributed by atoms with Crippen molar-refractivity contribution >= 4 is 29.1 Å². The third-order valence-electron chi connectivity index (χ3n) is 3.13. The summed E-state index contributed by atoms with van der Waals surface area (Å²) >= 11 is 11.6. The number of amides is 1. The van der Waals surface area contributed by atoms with Gasteiger partial charge < -0.3 is 4.90 Å². The number of carbonyl (C=O) groups is 1. The molecule has 1 fully saturated rings. The summed E-state index contributed by atoms with van der Waals surface area (Å²) in [6, 6.07) is 7.43. The van der Waals surface area contributed by atoms with E-state index in [9.17, 15) is 4.79 Å². The number of nitrogens with zero attached hydrogens (tertiary/aromatic N) is 1. The molecule has 0 saturated carbocycles. The highest BCUT2D eigenvalue weighted by atomic mass is 35.5. The van der Waals surface area contributed by atoms with Crippen LogP contribution in [-0.2, 0) is 11.2 Å². The fourth-order valence-corrected chi connectivity index (χ4v) is 2.45. The molecule has 0 aromatic heterocycles. The van der Waals surface area contributed by atoms with Gasteiger partial charge in [0.25, 0.3) is 0 Å². The van der Waals surface area contributed by atoms with Crippen molar-refractivity contribution in [1.82, 2.24) is 4.90 Å². The van der Waals surface area contributed by atoms with Gasteiger partial charge in [-0.15, -0.1) is 11.6 Å². The van der Waals surface area contributed by atoms with Gasteiger partial charge in [-0.3, -0.25) is 4.79 Å². The monoisotopic (exact) mass is 271 g/mol. The van der Waals surface area contributed by atoms with E-state index in [2.05, 4.69) is 0 Å². The van der Waals surface area contributed by atoms with Crippen LogP contribution in [0.4, 0.5) is 0 Å². The molecule has 1 heterocycles. The molecule has 1 amide bonds. The molecular formula is C13H15Cl2NO. The molecule has 1 aromatic rings. The zero-order valence-corrected chi connectivity index (χ0v) is 11.0. The molecule has 1 aliphatic heterocycles. The Labute approximate surface area is 112 Å². The number of halogens is 2. The van der Waals surface area contributed by atoms with Gasteiger partial charge >= 0.3 is 0 Å². The molecule has 17 heavy (non-hydrogen) atoms. The molecule has 0 N–H and O–H groups in total. The van der Waals surface area contributed by atoms with E-state index >= 15 is 0 Å². The van der Waals surface area contributed by atoms with Gasteiger partial charge in [-0.05, 0) is 30.0 Å². The number of hydrogen-bond acceptors (Lipinski definition) is 1. The molecule has 0 aliphatic carbocycles. The van der Waals surface area contributed by atoms with Crippen molar-refractivity contribution in [3.05, 3.63) is 34.9 Å². The fourth-order valence-electron chi connectivity index (χ4n) is 2.07. The largest absolute Gasteiger partial charge is 0.342 e. The third-order valence-corrected chi connectivity index (χ3v) is 3.81. The number of alkyl halides is 1. The minimum atomic E-state index is 0.180. The average Bonchev–Trinajstić information content (AvgIpc) is 2.81. The lowest BCUT2D eigenvalue weighted by molar-refractivity contribution is -0.129. The van der Waals surface area contributed by atoms with Crippen molar-refractivity contribution in [2.24, 2.45) is 5.92 Å². The fraction of sp³-hybridized carbons (Fsp3) is 0.462. The Morgan fingerprint density at radius 3 is 2.65 bits per heavy atom. The molecule has 0 bridgehead atoms. The van der Waals surface area contributed by atoms with Gasteiger partial charge in [0.2, 0.25) is 5.91 Å². The Bertz CT molecular complexity index is 391. The molecule has 0 spiro atoms. The van der Waals surface area contributed by atoms with Crippen LogP contribution in [0.25, 0.3) is 0 Å². The summed E-state index contributed by atoms with van der Waals surface area (Å²) in [7, 11) is 0. The third kappa shape index (κ3) is 3.36. The second kappa shape index (κ2) is 5.74. The lowest BCUT2D eigenvalue weighted by Crippen LogP contribution is -2.30. The highest BCUT2D eigenvalue weighted by Crippen LogP contribution is 2.19. The summed E-state index contributed by atoms with van der Waals surface area (Å²) in [6.07, 6.45) is 1.47. The van der Waals surface area contributed by atoms with Crippen LogP contribution in [0.1, 0.15) is 12.0 Å². The normalized spacial score (nSPS) is 19.6. The smallest absolute Gasteiger partial charge is 0.226 e. The van der Waals surface area contributed by atoms with Crippen LogP contribution in [0.3, 0.4) is 0 Å². The number of benzene rings is 1. The van der Waals surface area contributed by atoms with E-state index in [4.69, 9.17) is 23.2 Å². The predicted octanol–water partition coefficient (Wildman–Crippen LogP) is 2.97. The summed E-state index contributed by atoms with van der Waals surface area (Å²) in [5.41, 5.74) is 1.01. The Hall–Kier alpha value is -0.730. The summed E-state index contributed by atoms with van der Waals surface area (Å²) in [4.78, 5) is 13.9. The summed E-state index contributed by atoms with van der Waals surface area (Å²) in [5, 5.41) is 0.699. The zero-order chi connectivity index (χ0) is 12.3. The predicted molar refractivity (Wildman–Crippen MR) is 70.6 cm³/mol. The van der Waals surface area contributed by atoms with Gasteiger partial charge in [0, 0.05) is 24.0 Å². The summed E-state index contributed by atoms with van der Waals surface area (Å²) in [5.74, 6) is 1.29. The molecular weight excluding hydrogens is 257 g/mol. The standard InChI is InChI=1S/C13H15Cl2NO/c14-8-11-5-6-16(9-11)13(17)7-10-1-3-12(15)4-2-10/h1-4,11H,5-9H2. The molecule has 1 unspecified atom stereocenters. The Morgan fingerprint density at radius 1 is 1.35 bits per heavy atom. The second-order valence-corrected chi connectivity index (χ2v) is 5.20. The van der Waals surface area contributed by atoms with Gasteiger partial charge in [0.15, 0.2) is 0 Å². The molecule has 1 atom stereocenters. The quantitative estimate of drug-likeness (QED) is 0.775.